The maximum Gasteiger partial charge on any atom is 0.132 e. The molecule has 1 aromatic carbocycles. The highest BCUT2D eigenvalue weighted by Gasteiger charge is 2.28. The predicted octanol–water partition coefficient (Wildman–Crippen LogP) is 3.21. The third-order valence-corrected chi connectivity index (χ3v) is 3.88. The molecule has 0 heterocycles. The van der Waals surface area contributed by atoms with Gasteiger partial charge in [-0.2, -0.15) is 0 Å². The summed E-state index contributed by atoms with van der Waals surface area (Å²) in [5, 5.41) is 10.2. The molecule has 0 saturated heterocycles. The van der Waals surface area contributed by atoms with Crippen molar-refractivity contribution in [3.63, 3.8) is 0 Å². The summed E-state index contributed by atoms with van der Waals surface area (Å²) < 4.78 is 11.1. The Balaban J connectivity index is 2.64. The summed E-state index contributed by atoms with van der Waals surface area (Å²) in [5.74, 6) is 0.975. The Morgan fingerprint density at radius 2 is 1.77 bits per heavy atom. The summed E-state index contributed by atoms with van der Waals surface area (Å²) >= 11 is 0. The monoisotopic (exact) mass is 308 g/mol. The van der Waals surface area contributed by atoms with Gasteiger partial charge in [0.1, 0.15) is 11.5 Å². The molecule has 0 unspecified atom stereocenters. The first-order valence-corrected chi connectivity index (χ1v) is 7.77. The normalized spacial score (nSPS) is 15.4. The lowest BCUT2D eigenvalue weighted by Gasteiger charge is -2.30. The van der Waals surface area contributed by atoms with Crippen LogP contribution < -0.4 is 4.74 Å². The average Bonchev–Trinajstić information content (AvgIpc) is 2.46. The van der Waals surface area contributed by atoms with Gasteiger partial charge in [-0.3, -0.25) is 4.79 Å². The number of Topliss-reactive ketones (excluding diaryl/α,β-unsaturated/α-hetero) is 1. The molecule has 3 atom stereocenters. The van der Waals surface area contributed by atoms with Gasteiger partial charge < -0.3 is 14.6 Å². The predicted molar refractivity (Wildman–Crippen MR) is 86.9 cm³/mol. The van der Waals surface area contributed by atoms with Crippen LogP contribution in [0.5, 0.6) is 5.75 Å². The van der Waals surface area contributed by atoms with Crippen LogP contribution in [-0.2, 0) is 16.1 Å². The van der Waals surface area contributed by atoms with Crippen LogP contribution in [0.2, 0.25) is 0 Å². The Bertz CT molecular complexity index is 453. The third kappa shape index (κ3) is 5.78. The number of ketones is 1. The average molecular weight is 308 g/mol. The van der Waals surface area contributed by atoms with E-state index >= 15 is 0 Å². The zero-order valence-electron chi connectivity index (χ0n) is 14.2. The van der Waals surface area contributed by atoms with E-state index in [4.69, 9.17) is 9.47 Å². The van der Waals surface area contributed by atoms with Crippen molar-refractivity contribution in [1.82, 2.24) is 0 Å². The molecule has 0 saturated carbocycles. The van der Waals surface area contributed by atoms with Crippen LogP contribution in [0.25, 0.3) is 0 Å². The Labute approximate surface area is 133 Å². The fraction of sp³-hybridized carbons (Fsp3) is 0.611. The quantitative estimate of drug-likeness (QED) is 0.761. The van der Waals surface area contributed by atoms with Gasteiger partial charge in [0, 0.05) is 12.3 Å². The molecule has 1 rings (SSSR count). The molecular formula is C18H28O4. The van der Waals surface area contributed by atoms with Gasteiger partial charge in [0.2, 0.25) is 0 Å². The smallest absolute Gasteiger partial charge is 0.132 e. The van der Waals surface area contributed by atoms with Gasteiger partial charge in [0.25, 0.3) is 0 Å². The lowest BCUT2D eigenvalue weighted by atomic mass is 9.88. The number of rotatable bonds is 9. The van der Waals surface area contributed by atoms with Crippen LogP contribution >= 0.6 is 0 Å². The number of methoxy groups -OCH3 is 1. The second-order valence-corrected chi connectivity index (χ2v) is 6.20. The number of ether oxygens (including phenoxy) is 2. The van der Waals surface area contributed by atoms with Gasteiger partial charge >= 0.3 is 0 Å². The number of aliphatic hydroxyl groups is 1. The number of benzene rings is 1. The van der Waals surface area contributed by atoms with Crippen LogP contribution in [0.3, 0.4) is 0 Å². The molecule has 0 amide bonds. The topological polar surface area (TPSA) is 55.8 Å². The fourth-order valence-electron chi connectivity index (χ4n) is 2.56. The fourth-order valence-corrected chi connectivity index (χ4v) is 2.56. The Kier molecular flexibility index (Phi) is 7.56. The SMILES string of the molecule is COc1ccc(CO[C@H](C(C)C)[C@@H](C)[C@@H](O)CC(C)=O)cc1. The maximum absolute atomic E-state index is 11.2. The molecule has 4 heteroatoms. The largest absolute Gasteiger partial charge is 0.497 e. The number of aliphatic hydroxyl groups excluding tert-OH is 1. The minimum absolute atomic E-state index is 0.00277. The molecule has 1 aromatic rings. The molecule has 0 spiro atoms. The van der Waals surface area contributed by atoms with E-state index in [0.717, 1.165) is 11.3 Å². The maximum atomic E-state index is 11.2. The molecule has 0 bridgehead atoms. The second-order valence-electron chi connectivity index (χ2n) is 6.20. The van der Waals surface area contributed by atoms with Crippen molar-refractivity contribution in [2.24, 2.45) is 11.8 Å². The highest BCUT2D eigenvalue weighted by molar-refractivity contribution is 5.75. The number of hydrogen-bond donors (Lipinski definition) is 1. The van der Waals surface area contributed by atoms with Crippen LogP contribution in [0.4, 0.5) is 0 Å². The molecule has 0 aliphatic rings. The first kappa shape index (κ1) is 18.7. The van der Waals surface area contributed by atoms with Crippen LogP contribution in [0, 0.1) is 11.8 Å². The van der Waals surface area contributed by atoms with Crippen molar-refractivity contribution in [1.29, 1.82) is 0 Å². The van der Waals surface area contributed by atoms with Gasteiger partial charge in [-0.25, -0.2) is 0 Å². The van der Waals surface area contributed by atoms with E-state index < -0.39 is 6.10 Å². The number of carbonyl (C=O) groups excluding carboxylic acids is 1. The van der Waals surface area contributed by atoms with E-state index in [0.29, 0.717) is 6.61 Å². The van der Waals surface area contributed by atoms with Gasteiger partial charge in [-0.15, -0.1) is 0 Å². The second kappa shape index (κ2) is 8.91. The molecule has 0 aliphatic heterocycles. The van der Waals surface area contributed by atoms with Crippen molar-refractivity contribution in [2.45, 2.75) is 52.9 Å². The molecule has 0 aliphatic carbocycles. The Morgan fingerprint density at radius 1 is 1.18 bits per heavy atom. The highest BCUT2D eigenvalue weighted by Crippen LogP contribution is 2.23. The van der Waals surface area contributed by atoms with E-state index in [1.165, 1.54) is 6.92 Å². The molecule has 0 radical (unpaired) electrons. The third-order valence-electron chi connectivity index (χ3n) is 3.88. The lowest BCUT2D eigenvalue weighted by molar-refractivity contribution is -0.121. The van der Waals surface area contributed by atoms with Gasteiger partial charge in [0.05, 0.1) is 25.9 Å². The summed E-state index contributed by atoms with van der Waals surface area (Å²) in [6.45, 7) is 8.04. The number of carbonyl (C=O) groups is 1. The summed E-state index contributed by atoms with van der Waals surface area (Å²) in [6.07, 6.45) is -0.590. The van der Waals surface area contributed by atoms with Crippen LogP contribution in [0.15, 0.2) is 24.3 Å². The Hall–Kier alpha value is -1.39. The van der Waals surface area contributed by atoms with E-state index in [9.17, 15) is 9.90 Å². The van der Waals surface area contributed by atoms with Gasteiger partial charge in [-0.1, -0.05) is 32.9 Å². The summed E-state index contributed by atoms with van der Waals surface area (Å²) in [6, 6.07) is 7.73. The molecule has 124 valence electrons. The van der Waals surface area contributed by atoms with Gasteiger partial charge in [-0.05, 0) is 30.5 Å². The molecule has 0 fully saturated rings. The summed E-state index contributed by atoms with van der Waals surface area (Å²) in [4.78, 5) is 11.2. The molecular weight excluding hydrogens is 280 g/mol. The first-order chi connectivity index (χ1) is 10.3. The van der Waals surface area contributed by atoms with Crippen LogP contribution in [-0.4, -0.2) is 30.2 Å². The lowest BCUT2D eigenvalue weighted by Crippen LogP contribution is -2.36. The van der Waals surface area contributed by atoms with Crippen molar-refractivity contribution in [3.05, 3.63) is 29.8 Å². The van der Waals surface area contributed by atoms with Crippen molar-refractivity contribution in [2.75, 3.05) is 7.11 Å². The molecule has 0 aromatic heterocycles. The van der Waals surface area contributed by atoms with E-state index in [-0.39, 0.29) is 30.1 Å². The highest BCUT2D eigenvalue weighted by atomic mass is 16.5. The zero-order chi connectivity index (χ0) is 16.7. The standard InChI is InChI=1S/C18H28O4/c1-12(2)18(14(4)17(20)10-13(3)19)22-11-15-6-8-16(21-5)9-7-15/h6-9,12,14,17-18,20H,10-11H2,1-5H3/t14-,17-,18+/m0/s1. The molecule has 4 nitrogen and oxygen atoms in total. The molecule has 1 N–H and O–H groups in total. The Morgan fingerprint density at radius 3 is 2.23 bits per heavy atom. The van der Waals surface area contributed by atoms with Crippen molar-refractivity contribution < 1.29 is 19.4 Å². The minimum Gasteiger partial charge on any atom is -0.497 e. The van der Waals surface area contributed by atoms with E-state index in [1.54, 1.807) is 7.11 Å². The van der Waals surface area contributed by atoms with Gasteiger partial charge in [0.15, 0.2) is 0 Å². The zero-order valence-corrected chi connectivity index (χ0v) is 14.2. The van der Waals surface area contributed by atoms with Crippen LogP contribution in [0.1, 0.15) is 39.7 Å². The summed E-state index contributed by atoms with van der Waals surface area (Å²) in [5.41, 5.74) is 1.06. The first-order valence-electron chi connectivity index (χ1n) is 7.77. The minimum atomic E-state index is -0.666. The van der Waals surface area contributed by atoms with Crippen molar-refractivity contribution >= 4 is 5.78 Å². The summed E-state index contributed by atoms with van der Waals surface area (Å²) in [7, 11) is 1.64. The van der Waals surface area contributed by atoms with E-state index in [2.05, 4.69) is 13.8 Å². The molecule has 22 heavy (non-hydrogen) atoms. The van der Waals surface area contributed by atoms with Crippen molar-refractivity contribution in [3.8, 4) is 5.75 Å². The number of hydrogen-bond acceptors (Lipinski definition) is 4. The van der Waals surface area contributed by atoms with E-state index in [1.807, 2.05) is 31.2 Å².